The molecular formula is C21H35N3O4S. The van der Waals surface area contributed by atoms with Crippen molar-refractivity contribution in [3.63, 3.8) is 0 Å². The van der Waals surface area contributed by atoms with E-state index in [4.69, 9.17) is 14.5 Å². The molecule has 2 unspecified atom stereocenters. The minimum Gasteiger partial charge on any atom is -0.379 e. The third-order valence-electron chi connectivity index (χ3n) is 4.82. The number of nitrogens with one attached hydrogen (secondary N) is 2. The van der Waals surface area contributed by atoms with Gasteiger partial charge >= 0.3 is 0 Å². The van der Waals surface area contributed by atoms with Crippen molar-refractivity contribution in [2.24, 2.45) is 10.9 Å². The molecule has 7 nitrogen and oxygen atoms in total. The Bertz CT molecular complexity index is 735. The van der Waals surface area contributed by atoms with Gasteiger partial charge in [0.15, 0.2) is 5.96 Å². The molecular weight excluding hydrogens is 390 g/mol. The molecule has 0 saturated carbocycles. The zero-order valence-electron chi connectivity index (χ0n) is 17.8. The fourth-order valence-corrected chi connectivity index (χ4v) is 3.68. The average molecular weight is 426 g/mol. The number of aliphatic imine (C=N–C) groups is 1. The van der Waals surface area contributed by atoms with E-state index in [1.807, 2.05) is 6.92 Å². The SMILES string of the molecule is CCNC(=NCC1CCCOC1c1ccc(C)cc1)NCCOCCS(C)(=O)=O. The molecule has 1 aromatic rings. The fraction of sp³-hybridized carbons (Fsp3) is 0.667. The van der Waals surface area contributed by atoms with Gasteiger partial charge in [-0.2, -0.15) is 0 Å². The summed E-state index contributed by atoms with van der Waals surface area (Å²) in [5.74, 6) is 1.13. The van der Waals surface area contributed by atoms with Crippen LogP contribution in [0.4, 0.5) is 0 Å². The van der Waals surface area contributed by atoms with Gasteiger partial charge in [0.2, 0.25) is 0 Å². The predicted molar refractivity (Wildman–Crippen MR) is 117 cm³/mol. The van der Waals surface area contributed by atoms with Crippen molar-refractivity contribution >= 4 is 15.8 Å². The molecule has 2 rings (SSSR count). The van der Waals surface area contributed by atoms with E-state index < -0.39 is 9.84 Å². The molecule has 0 aromatic heterocycles. The molecule has 8 heteroatoms. The number of ether oxygens (including phenoxy) is 2. The first-order valence-corrected chi connectivity index (χ1v) is 12.4. The predicted octanol–water partition coefficient (Wildman–Crippen LogP) is 2.08. The Morgan fingerprint density at radius 1 is 1.24 bits per heavy atom. The Morgan fingerprint density at radius 2 is 2.00 bits per heavy atom. The summed E-state index contributed by atoms with van der Waals surface area (Å²) in [6, 6.07) is 8.56. The number of benzene rings is 1. The molecule has 0 radical (unpaired) electrons. The molecule has 164 valence electrons. The second kappa shape index (κ2) is 12.1. The van der Waals surface area contributed by atoms with E-state index in [0.29, 0.717) is 25.6 Å². The topological polar surface area (TPSA) is 89.0 Å². The number of rotatable bonds is 10. The lowest BCUT2D eigenvalue weighted by Gasteiger charge is -2.31. The van der Waals surface area contributed by atoms with Gasteiger partial charge in [0.25, 0.3) is 0 Å². The van der Waals surface area contributed by atoms with E-state index in [1.54, 1.807) is 0 Å². The van der Waals surface area contributed by atoms with Crippen LogP contribution in [-0.4, -0.2) is 65.8 Å². The molecule has 2 atom stereocenters. The largest absolute Gasteiger partial charge is 0.379 e. The molecule has 1 aromatic carbocycles. The maximum absolute atomic E-state index is 11.1. The number of aryl methyl sites for hydroxylation is 1. The quantitative estimate of drug-likeness (QED) is 0.339. The van der Waals surface area contributed by atoms with Crippen LogP contribution in [0.15, 0.2) is 29.3 Å². The number of hydrogen-bond acceptors (Lipinski definition) is 5. The van der Waals surface area contributed by atoms with Crippen molar-refractivity contribution in [3.05, 3.63) is 35.4 Å². The normalized spacial score (nSPS) is 20.4. The van der Waals surface area contributed by atoms with E-state index in [9.17, 15) is 8.42 Å². The Labute approximate surface area is 175 Å². The molecule has 0 spiro atoms. The van der Waals surface area contributed by atoms with Gasteiger partial charge in [-0.15, -0.1) is 0 Å². The van der Waals surface area contributed by atoms with Crippen LogP contribution in [0.3, 0.4) is 0 Å². The van der Waals surface area contributed by atoms with Gasteiger partial charge in [-0.3, -0.25) is 4.99 Å². The van der Waals surface area contributed by atoms with Crippen LogP contribution in [-0.2, 0) is 19.3 Å². The van der Waals surface area contributed by atoms with Crippen molar-refractivity contribution in [1.82, 2.24) is 10.6 Å². The zero-order chi connectivity index (χ0) is 21.1. The van der Waals surface area contributed by atoms with Gasteiger partial charge < -0.3 is 20.1 Å². The third-order valence-corrected chi connectivity index (χ3v) is 5.72. The summed E-state index contributed by atoms with van der Waals surface area (Å²) < 4.78 is 33.7. The van der Waals surface area contributed by atoms with Crippen LogP contribution in [0.5, 0.6) is 0 Å². The van der Waals surface area contributed by atoms with Gasteiger partial charge in [-0.05, 0) is 32.3 Å². The number of hydrogen-bond donors (Lipinski definition) is 2. The summed E-state index contributed by atoms with van der Waals surface area (Å²) in [7, 11) is -2.98. The Balaban J connectivity index is 1.85. The first-order chi connectivity index (χ1) is 13.9. The first-order valence-electron chi connectivity index (χ1n) is 10.3. The maximum Gasteiger partial charge on any atom is 0.191 e. The van der Waals surface area contributed by atoms with Crippen molar-refractivity contribution in [3.8, 4) is 0 Å². The highest BCUT2D eigenvalue weighted by molar-refractivity contribution is 7.90. The second-order valence-corrected chi connectivity index (χ2v) is 9.75. The molecule has 1 saturated heterocycles. The van der Waals surface area contributed by atoms with Gasteiger partial charge in [-0.25, -0.2) is 8.42 Å². The summed E-state index contributed by atoms with van der Waals surface area (Å²) >= 11 is 0. The highest BCUT2D eigenvalue weighted by Gasteiger charge is 2.27. The van der Waals surface area contributed by atoms with Gasteiger partial charge in [0, 0.05) is 38.4 Å². The summed E-state index contributed by atoms with van der Waals surface area (Å²) in [5, 5.41) is 6.49. The standard InChI is InChI=1S/C21H35N3O4S/c1-4-22-21(23-11-13-27-14-15-29(3,25)26)24-16-19-6-5-12-28-20(19)18-9-7-17(2)8-10-18/h7-10,19-20H,4-6,11-16H2,1-3H3,(H2,22,23,24). The summed E-state index contributed by atoms with van der Waals surface area (Å²) in [4.78, 5) is 4.75. The lowest BCUT2D eigenvalue weighted by Crippen LogP contribution is -2.39. The van der Waals surface area contributed by atoms with Crippen LogP contribution in [0, 0.1) is 12.8 Å². The summed E-state index contributed by atoms with van der Waals surface area (Å²) in [5.41, 5.74) is 2.46. The van der Waals surface area contributed by atoms with Crippen LogP contribution in [0.25, 0.3) is 0 Å². The average Bonchev–Trinajstić information content (AvgIpc) is 2.69. The molecule has 1 aliphatic heterocycles. The molecule has 1 aliphatic rings. The van der Waals surface area contributed by atoms with E-state index in [0.717, 1.165) is 32.0 Å². The summed E-state index contributed by atoms with van der Waals surface area (Å²) in [6.45, 7) is 7.57. The smallest absolute Gasteiger partial charge is 0.191 e. The minimum atomic E-state index is -2.98. The number of guanidine groups is 1. The molecule has 29 heavy (non-hydrogen) atoms. The monoisotopic (exact) mass is 425 g/mol. The van der Waals surface area contributed by atoms with E-state index in [-0.39, 0.29) is 18.5 Å². The van der Waals surface area contributed by atoms with E-state index in [2.05, 4.69) is 41.8 Å². The molecule has 2 N–H and O–H groups in total. The van der Waals surface area contributed by atoms with Crippen LogP contribution in [0.1, 0.15) is 37.0 Å². The Kier molecular flexibility index (Phi) is 9.90. The third kappa shape index (κ3) is 9.14. The summed E-state index contributed by atoms with van der Waals surface area (Å²) in [6.07, 6.45) is 3.44. The molecule has 1 heterocycles. The van der Waals surface area contributed by atoms with Crippen molar-refractivity contribution in [2.75, 3.05) is 51.5 Å². The van der Waals surface area contributed by atoms with Gasteiger partial charge in [0.1, 0.15) is 9.84 Å². The first kappa shape index (κ1) is 23.6. The molecule has 0 amide bonds. The van der Waals surface area contributed by atoms with Crippen molar-refractivity contribution < 1.29 is 17.9 Å². The lowest BCUT2D eigenvalue weighted by molar-refractivity contribution is -0.0250. The lowest BCUT2D eigenvalue weighted by atomic mass is 9.89. The van der Waals surface area contributed by atoms with Crippen LogP contribution < -0.4 is 10.6 Å². The highest BCUT2D eigenvalue weighted by atomic mass is 32.2. The Hall–Kier alpha value is -1.64. The number of sulfone groups is 1. The maximum atomic E-state index is 11.1. The highest BCUT2D eigenvalue weighted by Crippen LogP contribution is 2.33. The van der Waals surface area contributed by atoms with Crippen molar-refractivity contribution in [1.29, 1.82) is 0 Å². The fourth-order valence-electron chi connectivity index (χ4n) is 3.26. The van der Waals surface area contributed by atoms with Crippen LogP contribution >= 0.6 is 0 Å². The van der Waals surface area contributed by atoms with E-state index >= 15 is 0 Å². The zero-order valence-corrected chi connectivity index (χ0v) is 18.6. The second-order valence-electron chi connectivity index (χ2n) is 7.49. The van der Waals surface area contributed by atoms with E-state index in [1.165, 1.54) is 17.4 Å². The van der Waals surface area contributed by atoms with Crippen LogP contribution in [0.2, 0.25) is 0 Å². The molecule has 0 bridgehead atoms. The van der Waals surface area contributed by atoms with Crippen molar-refractivity contribution in [2.45, 2.75) is 32.8 Å². The number of nitrogens with zero attached hydrogens (tertiary/aromatic N) is 1. The molecule has 0 aliphatic carbocycles. The molecule has 1 fully saturated rings. The Morgan fingerprint density at radius 3 is 2.69 bits per heavy atom. The van der Waals surface area contributed by atoms with Gasteiger partial charge in [0.05, 0.1) is 25.1 Å². The minimum absolute atomic E-state index is 0.0449. The van der Waals surface area contributed by atoms with Gasteiger partial charge in [-0.1, -0.05) is 29.8 Å².